The predicted molar refractivity (Wildman–Crippen MR) is 86.6 cm³/mol. The molecular formula is C19H21NO2. The van der Waals surface area contributed by atoms with Crippen molar-refractivity contribution in [1.29, 1.82) is 0 Å². The fourth-order valence-electron chi connectivity index (χ4n) is 3.05. The number of benzene rings is 2. The molecule has 0 radical (unpaired) electrons. The first-order chi connectivity index (χ1) is 10.6. The first kappa shape index (κ1) is 14.8. The first-order valence-corrected chi connectivity index (χ1v) is 7.74. The molecule has 2 N–H and O–H groups in total. The summed E-state index contributed by atoms with van der Waals surface area (Å²) in [6.07, 6.45) is 2.41. The second-order valence-corrected chi connectivity index (χ2v) is 6.11. The fourth-order valence-corrected chi connectivity index (χ4v) is 3.05. The van der Waals surface area contributed by atoms with Crippen molar-refractivity contribution >= 4 is 5.91 Å². The average molecular weight is 295 g/mol. The molecule has 0 aromatic heterocycles. The van der Waals surface area contributed by atoms with Crippen LogP contribution in [0.3, 0.4) is 0 Å². The van der Waals surface area contributed by atoms with E-state index >= 15 is 0 Å². The molecule has 1 amide bonds. The number of hydrogen-bond acceptors (Lipinski definition) is 2. The van der Waals surface area contributed by atoms with E-state index in [0.717, 1.165) is 12.0 Å². The van der Waals surface area contributed by atoms with E-state index in [2.05, 4.69) is 5.32 Å². The zero-order chi connectivity index (χ0) is 15.4. The lowest BCUT2D eigenvalue weighted by atomic mass is 10.0. The van der Waals surface area contributed by atoms with Gasteiger partial charge in [-0.25, -0.2) is 0 Å². The van der Waals surface area contributed by atoms with Crippen molar-refractivity contribution in [1.82, 2.24) is 5.32 Å². The molecule has 1 aliphatic carbocycles. The van der Waals surface area contributed by atoms with Gasteiger partial charge in [-0.05, 0) is 23.1 Å². The molecule has 0 heterocycles. The Morgan fingerprint density at radius 1 is 1.00 bits per heavy atom. The largest absolute Gasteiger partial charge is 0.387 e. The summed E-state index contributed by atoms with van der Waals surface area (Å²) in [6, 6.07) is 18.0. The third-order valence-corrected chi connectivity index (χ3v) is 4.26. The van der Waals surface area contributed by atoms with E-state index in [1.165, 1.54) is 11.1 Å². The Bertz CT molecular complexity index is 626. The van der Waals surface area contributed by atoms with Crippen molar-refractivity contribution in [2.24, 2.45) is 0 Å². The van der Waals surface area contributed by atoms with E-state index in [1.54, 1.807) is 0 Å². The smallest absolute Gasteiger partial charge is 0.220 e. The summed E-state index contributed by atoms with van der Waals surface area (Å²) in [5, 5.41) is 13.5. The average Bonchev–Trinajstić information content (AvgIpc) is 2.88. The molecule has 2 aromatic carbocycles. The maximum Gasteiger partial charge on any atom is 0.220 e. The van der Waals surface area contributed by atoms with Gasteiger partial charge in [-0.15, -0.1) is 0 Å². The molecule has 0 saturated carbocycles. The van der Waals surface area contributed by atoms with Gasteiger partial charge in [-0.3, -0.25) is 4.79 Å². The second kappa shape index (κ2) is 6.32. The van der Waals surface area contributed by atoms with Crippen LogP contribution in [0, 0.1) is 0 Å². The topological polar surface area (TPSA) is 49.3 Å². The van der Waals surface area contributed by atoms with Crippen LogP contribution in [0.1, 0.15) is 23.1 Å². The van der Waals surface area contributed by atoms with Crippen LogP contribution in [0.5, 0.6) is 0 Å². The number of nitrogens with one attached hydrogen (secondary N) is 1. The summed E-state index contributed by atoms with van der Waals surface area (Å²) in [5.41, 5.74) is 2.68. The van der Waals surface area contributed by atoms with Crippen LogP contribution in [0.4, 0.5) is 0 Å². The lowest BCUT2D eigenvalue weighted by Crippen LogP contribution is -2.43. The molecule has 2 aromatic rings. The molecule has 1 aliphatic rings. The number of aliphatic hydroxyl groups is 1. The van der Waals surface area contributed by atoms with Crippen molar-refractivity contribution < 1.29 is 9.90 Å². The van der Waals surface area contributed by atoms with Gasteiger partial charge in [0, 0.05) is 25.8 Å². The molecule has 3 nitrogen and oxygen atoms in total. The Hall–Kier alpha value is -2.13. The summed E-state index contributed by atoms with van der Waals surface area (Å²) in [6.45, 7) is 0.315. The molecule has 0 fully saturated rings. The summed E-state index contributed by atoms with van der Waals surface area (Å²) < 4.78 is 0. The Balaban J connectivity index is 1.48. The molecule has 3 heteroatoms. The van der Waals surface area contributed by atoms with Gasteiger partial charge in [0.05, 0.1) is 5.60 Å². The number of carbonyl (C=O) groups excluding carboxylic acids is 1. The van der Waals surface area contributed by atoms with Gasteiger partial charge in [-0.2, -0.15) is 0 Å². The highest BCUT2D eigenvalue weighted by Gasteiger charge is 2.34. The maximum atomic E-state index is 12.0. The van der Waals surface area contributed by atoms with E-state index < -0.39 is 5.60 Å². The van der Waals surface area contributed by atoms with E-state index in [-0.39, 0.29) is 5.91 Å². The van der Waals surface area contributed by atoms with Crippen LogP contribution in [0.15, 0.2) is 54.6 Å². The van der Waals surface area contributed by atoms with Crippen molar-refractivity contribution in [2.75, 3.05) is 6.54 Å². The van der Waals surface area contributed by atoms with Gasteiger partial charge < -0.3 is 10.4 Å². The summed E-state index contributed by atoms with van der Waals surface area (Å²) in [7, 11) is 0. The molecule has 114 valence electrons. The lowest BCUT2D eigenvalue weighted by Gasteiger charge is -2.22. The number of fused-ring (bicyclic) bond motifs is 1. The van der Waals surface area contributed by atoms with Crippen LogP contribution in [-0.4, -0.2) is 23.2 Å². The fraction of sp³-hybridized carbons (Fsp3) is 0.316. The minimum Gasteiger partial charge on any atom is -0.387 e. The van der Waals surface area contributed by atoms with Crippen LogP contribution >= 0.6 is 0 Å². The number of carbonyl (C=O) groups is 1. The Labute approximate surface area is 131 Å². The van der Waals surface area contributed by atoms with Crippen molar-refractivity contribution in [3.63, 3.8) is 0 Å². The number of hydrogen-bond donors (Lipinski definition) is 2. The van der Waals surface area contributed by atoms with Crippen molar-refractivity contribution in [3.8, 4) is 0 Å². The molecule has 3 rings (SSSR count). The highest BCUT2D eigenvalue weighted by molar-refractivity contribution is 5.76. The maximum absolute atomic E-state index is 12.0. The van der Waals surface area contributed by atoms with Crippen LogP contribution in [0.2, 0.25) is 0 Å². The molecule has 0 unspecified atom stereocenters. The number of aryl methyl sites for hydroxylation is 1. The van der Waals surface area contributed by atoms with E-state index in [9.17, 15) is 9.90 Å². The Morgan fingerprint density at radius 3 is 2.23 bits per heavy atom. The van der Waals surface area contributed by atoms with Crippen molar-refractivity contribution in [3.05, 3.63) is 71.3 Å². The summed E-state index contributed by atoms with van der Waals surface area (Å²) in [4.78, 5) is 12.0. The molecular weight excluding hydrogens is 274 g/mol. The molecule has 0 spiro atoms. The number of rotatable bonds is 5. The number of amides is 1. The minimum absolute atomic E-state index is 0.00626. The van der Waals surface area contributed by atoms with E-state index in [1.807, 2.05) is 54.6 Å². The Morgan fingerprint density at radius 2 is 1.59 bits per heavy atom. The highest BCUT2D eigenvalue weighted by atomic mass is 16.3. The minimum atomic E-state index is -0.841. The van der Waals surface area contributed by atoms with Gasteiger partial charge in [0.2, 0.25) is 5.91 Å². The molecule has 22 heavy (non-hydrogen) atoms. The third-order valence-electron chi connectivity index (χ3n) is 4.26. The highest BCUT2D eigenvalue weighted by Crippen LogP contribution is 2.29. The quantitative estimate of drug-likeness (QED) is 0.889. The lowest BCUT2D eigenvalue weighted by molar-refractivity contribution is -0.122. The SMILES string of the molecule is O=C(CCc1ccccc1)NCC1(O)Cc2ccccc2C1. The van der Waals surface area contributed by atoms with E-state index in [4.69, 9.17) is 0 Å². The van der Waals surface area contributed by atoms with Crippen LogP contribution in [-0.2, 0) is 24.1 Å². The molecule has 0 atom stereocenters. The molecule has 0 saturated heterocycles. The van der Waals surface area contributed by atoms with Crippen molar-refractivity contribution in [2.45, 2.75) is 31.3 Å². The van der Waals surface area contributed by atoms with Crippen LogP contribution in [0.25, 0.3) is 0 Å². The summed E-state index contributed by atoms with van der Waals surface area (Å²) >= 11 is 0. The molecule has 0 bridgehead atoms. The summed E-state index contributed by atoms with van der Waals surface area (Å²) in [5.74, 6) is -0.00626. The Kier molecular flexibility index (Phi) is 4.25. The normalized spacial score (nSPS) is 15.3. The zero-order valence-corrected chi connectivity index (χ0v) is 12.6. The predicted octanol–water partition coefficient (Wildman–Crippen LogP) is 2.27. The second-order valence-electron chi connectivity index (χ2n) is 6.11. The van der Waals surface area contributed by atoms with Crippen LogP contribution < -0.4 is 5.32 Å². The zero-order valence-electron chi connectivity index (χ0n) is 12.6. The van der Waals surface area contributed by atoms with E-state index in [0.29, 0.717) is 25.8 Å². The van der Waals surface area contributed by atoms with Gasteiger partial charge >= 0.3 is 0 Å². The van der Waals surface area contributed by atoms with Gasteiger partial charge in [0.25, 0.3) is 0 Å². The standard InChI is InChI=1S/C19H21NO2/c21-18(11-10-15-6-2-1-3-7-15)20-14-19(22)12-16-8-4-5-9-17(16)13-19/h1-9,22H,10-14H2,(H,20,21). The monoisotopic (exact) mass is 295 g/mol. The van der Waals surface area contributed by atoms with Gasteiger partial charge in [0.1, 0.15) is 0 Å². The third kappa shape index (κ3) is 3.55. The van der Waals surface area contributed by atoms with Gasteiger partial charge in [0.15, 0.2) is 0 Å². The molecule has 0 aliphatic heterocycles. The first-order valence-electron chi connectivity index (χ1n) is 7.74. The van der Waals surface area contributed by atoms with Gasteiger partial charge in [-0.1, -0.05) is 54.6 Å².